The zero-order valence-electron chi connectivity index (χ0n) is 9.21. The Kier molecular flexibility index (Phi) is 3.20. The molecule has 0 bridgehead atoms. The molecule has 2 rings (SSSR count). The predicted molar refractivity (Wildman–Crippen MR) is 67.8 cm³/mol. The minimum atomic E-state index is -0.406. The molecule has 0 amide bonds. The van der Waals surface area contributed by atoms with E-state index in [4.69, 9.17) is 22.1 Å². The van der Waals surface area contributed by atoms with Crippen molar-refractivity contribution in [3.05, 3.63) is 47.2 Å². The smallest absolute Gasteiger partial charge is 0.172 e. The van der Waals surface area contributed by atoms with Crippen molar-refractivity contribution in [3.8, 4) is 16.9 Å². The molecule has 4 heteroatoms. The Labute approximate surface area is 104 Å². The number of benzene rings is 2. The Morgan fingerprint density at radius 3 is 2.65 bits per heavy atom. The van der Waals surface area contributed by atoms with Gasteiger partial charge in [0.25, 0.3) is 0 Å². The lowest BCUT2D eigenvalue weighted by Gasteiger charge is -2.08. The van der Waals surface area contributed by atoms with Crippen molar-refractivity contribution in [3.63, 3.8) is 0 Å². The van der Waals surface area contributed by atoms with E-state index in [2.05, 4.69) is 0 Å². The lowest BCUT2D eigenvalue weighted by Crippen LogP contribution is -1.92. The number of ether oxygens (including phenoxy) is 1. The first-order chi connectivity index (χ1) is 8.13. The molecule has 0 atom stereocenters. The largest absolute Gasteiger partial charge is 0.494 e. The van der Waals surface area contributed by atoms with Gasteiger partial charge in [0.15, 0.2) is 11.6 Å². The van der Waals surface area contributed by atoms with Crippen LogP contribution >= 0.6 is 11.6 Å². The summed E-state index contributed by atoms with van der Waals surface area (Å²) in [6, 6.07) is 9.96. The molecule has 2 aromatic rings. The summed E-state index contributed by atoms with van der Waals surface area (Å²) in [6.07, 6.45) is 0. The predicted octanol–water partition coefficient (Wildman–Crippen LogP) is 3.74. The van der Waals surface area contributed by atoms with Gasteiger partial charge < -0.3 is 10.5 Å². The van der Waals surface area contributed by atoms with Gasteiger partial charge >= 0.3 is 0 Å². The molecule has 2 aromatic carbocycles. The molecule has 2 nitrogen and oxygen atoms in total. The van der Waals surface area contributed by atoms with E-state index in [9.17, 15) is 4.39 Å². The minimum absolute atomic E-state index is 0.205. The molecular weight excluding hydrogens is 241 g/mol. The Morgan fingerprint density at radius 2 is 2.00 bits per heavy atom. The van der Waals surface area contributed by atoms with Crippen molar-refractivity contribution in [2.45, 2.75) is 0 Å². The Bertz CT molecular complexity index is 557. The quantitative estimate of drug-likeness (QED) is 0.826. The van der Waals surface area contributed by atoms with Gasteiger partial charge in [-0.1, -0.05) is 29.8 Å². The summed E-state index contributed by atoms with van der Waals surface area (Å²) in [7, 11) is 1.43. The zero-order chi connectivity index (χ0) is 12.4. The van der Waals surface area contributed by atoms with Gasteiger partial charge in [0.1, 0.15) is 0 Å². The maximum absolute atomic E-state index is 14.0. The fraction of sp³-hybridized carbons (Fsp3) is 0.0769. The van der Waals surface area contributed by atoms with E-state index in [1.807, 2.05) is 0 Å². The monoisotopic (exact) mass is 251 g/mol. The van der Waals surface area contributed by atoms with Crippen LogP contribution in [0.1, 0.15) is 0 Å². The van der Waals surface area contributed by atoms with Crippen LogP contribution in [0, 0.1) is 5.82 Å². The van der Waals surface area contributed by atoms with Crippen molar-refractivity contribution in [2.75, 3.05) is 12.8 Å². The second kappa shape index (κ2) is 4.63. The number of nitrogen functional groups attached to an aromatic ring is 1. The molecule has 0 unspecified atom stereocenters. The molecule has 0 aliphatic rings. The summed E-state index contributed by atoms with van der Waals surface area (Å²) in [5.74, 6) is -0.201. The van der Waals surface area contributed by atoms with Crippen molar-refractivity contribution in [1.82, 2.24) is 0 Å². The summed E-state index contributed by atoms with van der Waals surface area (Å²) in [6.45, 7) is 0. The minimum Gasteiger partial charge on any atom is -0.494 e. The van der Waals surface area contributed by atoms with Gasteiger partial charge in [0, 0.05) is 5.56 Å². The van der Waals surface area contributed by atoms with Gasteiger partial charge in [0.05, 0.1) is 17.8 Å². The topological polar surface area (TPSA) is 35.2 Å². The highest BCUT2D eigenvalue weighted by atomic mass is 35.5. The first kappa shape index (κ1) is 11.7. The Balaban J connectivity index is 2.56. The molecule has 0 heterocycles. The summed E-state index contributed by atoms with van der Waals surface area (Å²) in [4.78, 5) is 0. The number of hydrogen-bond acceptors (Lipinski definition) is 2. The Morgan fingerprint density at radius 1 is 1.24 bits per heavy atom. The van der Waals surface area contributed by atoms with E-state index >= 15 is 0 Å². The number of rotatable bonds is 2. The highest BCUT2D eigenvalue weighted by Crippen LogP contribution is 2.31. The normalized spacial score (nSPS) is 10.3. The molecule has 0 aliphatic heterocycles. The maximum Gasteiger partial charge on any atom is 0.172 e. The van der Waals surface area contributed by atoms with Crippen LogP contribution < -0.4 is 10.5 Å². The van der Waals surface area contributed by atoms with Gasteiger partial charge in [-0.05, 0) is 23.8 Å². The van der Waals surface area contributed by atoms with E-state index in [0.717, 1.165) is 0 Å². The molecule has 0 spiro atoms. The van der Waals surface area contributed by atoms with Gasteiger partial charge in [-0.2, -0.15) is 0 Å². The first-order valence-corrected chi connectivity index (χ1v) is 5.39. The fourth-order valence-electron chi connectivity index (χ4n) is 1.60. The summed E-state index contributed by atoms with van der Waals surface area (Å²) >= 11 is 5.82. The van der Waals surface area contributed by atoms with Crippen LogP contribution in [-0.4, -0.2) is 7.11 Å². The summed E-state index contributed by atoms with van der Waals surface area (Å²) in [5, 5.41) is 0.456. The molecule has 88 valence electrons. The molecule has 0 aromatic heterocycles. The number of halogens is 2. The molecular formula is C13H11ClFNO. The number of hydrogen-bond donors (Lipinski definition) is 1. The standard InChI is InChI=1S/C13H11ClFNO/c1-17-12-4-2-3-9(13(12)15)8-5-6-10(14)11(16)7-8/h2-7H,16H2,1H3. The second-order valence-corrected chi connectivity index (χ2v) is 3.97. The number of anilines is 1. The average Bonchev–Trinajstić information content (AvgIpc) is 2.33. The Hall–Kier alpha value is -1.74. The average molecular weight is 252 g/mol. The number of nitrogens with two attached hydrogens (primary N) is 1. The molecule has 0 saturated heterocycles. The van der Waals surface area contributed by atoms with Crippen LogP contribution in [-0.2, 0) is 0 Å². The highest BCUT2D eigenvalue weighted by Gasteiger charge is 2.10. The second-order valence-electron chi connectivity index (χ2n) is 3.56. The van der Waals surface area contributed by atoms with Crippen LogP contribution in [0.3, 0.4) is 0 Å². The fourth-order valence-corrected chi connectivity index (χ4v) is 1.72. The zero-order valence-corrected chi connectivity index (χ0v) is 9.96. The lowest BCUT2D eigenvalue weighted by molar-refractivity contribution is 0.387. The van der Waals surface area contributed by atoms with Crippen LogP contribution in [0.25, 0.3) is 11.1 Å². The van der Waals surface area contributed by atoms with E-state index < -0.39 is 5.82 Å². The van der Waals surface area contributed by atoms with Crippen LogP contribution in [0.5, 0.6) is 5.75 Å². The maximum atomic E-state index is 14.0. The molecule has 0 radical (unpaired) electrons. The first-order valence-electron chi connectivity index (χ1n) is 5.01. The third-order valence-corrected chi connectivity index (χ3v) is 2.83. The molecule has 17 heavy (non-hydrogen) atoms. The summed E-state index contributed by atoms with van der Waals surface area (Å²) in [5.41, 5.74) is 7.22. The van der Waals surface area contributed by atoms with Crippen LogP contribution in [0.4, 0.5) is 10.1 Å². The van der Waals surface area contributed by atoms with E-state index in [-0.39, 0.29) is 5.75 Å². The molecule has 0 fully saturated rings. The van der Waals surface area contributed by atoms with E-state index in [1.165, 1.54) is 7.11 Å². The third-order valence-electron chi connectivity index (χ3n) is 2.49. The number of methoxy groups -OCH3 is 1. The third kappa shape index (κ3) is 2.19. The van der Waals surface area contributed by atoms with Crippen molar-refractivity contribution < 1.29 is 9.13 Å². The van der Waals surface area contributed by atoms with Gasteiger partial charge in [-0.25, -0.2) is 4.39 Å². The summed E-state index contributed by atoms with van der Waals surface area (Å²) < 4.78 is 18.9. The SMILES string of the molecule is COc1cccc(-c2ccc(Cl)c(N)c2)c1F. The molecule has 0 aliphatic carbocycles. The van der Waals surface area contributed by atoms with E-state index in [1.54, 1.807) is 36.4 Å². The van der Waals surface area contributed by atoms with Crippen molar-refractivity contribution >= 4 is 17.3 Å². The van der Waals surface area contributed by atoms with Crippen molar-refractivity contribution in [1.29, 1.82) is 0 Å². The van der Waals surface area contributed by atoms with Gasteiger partial charge in [-0.3, -0.25) is 0 Å². The molecule has 2 N–H and O–H groups in total. The van der Waals surface area contributed by atoms with Crippen LogP contribution in [0.15, 0.2) is 36.4 Å². The van der Waals surface area contributed by atoms with Gasteiger partial charge in [-0.15, -0.1) is 0 Å². The van der Waals surface area contributed by atoms with Gasteiger partial charge in [0.2, 0.25) is 0 Å². The molecule has 0 saturated carbocycles. The van der Waals surface area contributed by atoms with Crippen LogP contribution in [0.2, 0.25) is 5.02 Å². The van der Waals surface area contributed by atoms with E-state index in [0.29, 0.717) is 21.8 Å². The highest BCUT2D eigenvalue weighted by molar-refractivity contribution is 6.33. The lowest BCUT2D eigenvalue weighted by atomic mass is 10.0. The van der Waals surface area contributed by atoms with Crippen molar-refractivity contribution in [2.24, 2.45) is 0 Å².